The van der Waals surface area contributed by atoms with Gasteiger partial charge in [-0.2, -0.15) is 0 Å². The van der Waals surface area contributed by atoms with E-state index >= 15 is 0 Å². The van der Waals surface area contributed by atoms with E-state index in [2.05, 4.69) is 4.57 Å². The molecule has 0 unspecified atom stereocenters. The molecule has 0 aliphatic carbocycles. The van der Waals surface area contributed by atoms with Gasteiger partial charge >= 0.3 is 5.97 Å². The van der Waals surface area contributed by atoms with Gasteiger partial charge in [-0.3, -0.25) is 9.69 Å². The van der Waals surface area contributed by atoms with E-state index in [4.69, 9.17) is 28.6 Å². The molecule has 2 heterocycles. The lowest BCUT2D eigenvalue weighted by Gasteiger charge is -2.14. The summed E-state index contributed by atoms with van der Waals surface area (Å²) in [5, 5.41) is 0.544. The fraction of sp³-hybridized carbons (Fsp3) is 0.160. The Morgan fingerprint density at radius 3 is 2.52 bits per heavy atom. The van der Waals surface area contributed by atoms with Crippen molar-refractivity contribution >= 4 is 63.5 Å². The van der Waals surface area contributed by atoms with Crippen molar-refractivity contribution in [2.45, 2.75) is 20.8 Å². The molecule has 1 amide bonds. The van der Waals surface area contributed by atoms with Crippen LogP contribution in [0, 0.1) is 13.8 Å². The zero-order chi connectivity index (χ0) is 23.7. The molecular formula is C25H21ClN2O3S2. The van der Waals surface area contributed by atoms with Crippen molar-refractivity contribution < 1.29 is 14.3 Å². The molecule has 0 saturated carbocycles. The Kier molecular flexibility index (Phi) is 6.74. The number of hydrogen-bond acceptors (Lipinski definition) is 5. The Bertz CT molecular complexity index is 1300. The smallest absolute Gasteiger partial charge is 0.338 e. The highest BCUT2D eigenvalue weighted by Crippen LogP contribution is 2.37. The average Bonchev–Trinajstić information content (AvgIpc) is 3.22. The van der Waals surface area contributed by atoms with Crippen LogP contribution in [0.2, 0.25) is 5.02 Å². The van der Waals surface area contributed by atoms with Gasteiger partial charge in [0.2, 0.25) is 0 Å². The molecule has 4 rings (SSSR count). The van der Waals surface area contributed by atoms with Gasteiger partial charge in [-0.05, 0) is 80.9 Å². The largest absolute Gasteiger partial charge is 0.462 e. The third-order valence-electron chi connectivity index (χ3n) is 5.25. The molecule has 8 heteroatoms. The molecule has 5 nitrogen and oxygen atoms in total. The van der Waals surface area contributed by atoms with Crippen LogP contribution in [-0.2, 0) is 9.53 Å². The van der Waals surface area contributed by atoms with Crippen molar-refractivity contribution in [2.75, 3.05) is 11.5 Å². The number of carbonyl (C=O) groups excluding carboxylic acids is 2. The summed E-state index contributed by atoms with van der Waals surface area (Å²) >= 11 is 12.8. The second-order valence-corrected chi connectivity index (χ2v) is 9.54. The van der Waals surface area contributed by atoms with Gasteiger partial charge in [0.15, 0.2) is 4.32 Å². The number of amides is 1. The summed E-state index contributed by atoms with van der Waals surface area (Å²) in [6.07, 6.45) is 1.87. The second kappa shape index (κ2) is 9.55. The molecule has 2 aromatic carbocycles. The number of aromatic nitrogens is 1. The first-order chi connectivity index (χ1) is 15.8. The SMILES string of the molecule is CCOC(=O)c1ccc(-n2c(C)cc(/C=C3/SC(=S)N(c4cccc(Cl)c4)C3=O)c2C)cc1. The van der Waals surface area contributed by atoms with Crippen molar-refractivity contribution in [3.8, 4) is 5.69 Å². The molecule has 0 N–H and O–H groups in total. The number of thioether (sulfide) groups is 1. The van der Waals surface area contributed by atoms with Crippen LogP contribution in [0.5, 0.6) is 0 Å². The number of carbonyl (C=O) groups is 2. The molecule has 3 aromatic rings. The van der Waals surface area contributed by atoms with Gasteiger partial charge in [0.25, 0.3) is 5.91 Å². The van der Waals surface area contributed by atoms with Crippen LogP contribution in [0.4, 0.5) is 5.69 Å². The Morgan fingerprint density at radius 1 is 1.12 bits per heavy atom. The van der Waals surface area contributed by atoms with Gasteiger partial charge in [-0.15, -0.1) is 0 Å². The lowest BCUT2D eigenvalue weighted by Crippen LogP contribution is -2.27. The van der Waals surface area contributed by atoms with Gasteiger partial charge in [0, 0.05) is 22.1 Å². The summed E-state index contributed by atoms with van der Waals surface area (Å²) in [5.74, 6) is -0.511. The van der Waals surface area contributed by atoms with Crippen molar-refractivity contribution in [1.82, 2.24) is 4.57 Å². The molecule has 1 aliphatic rings. The normalized spacial score (nSPS) is 14.9. The van der Waals surface area contributed by atoms with E-state index in [1.165, 1.54) is 16.7 Å². The molecule has 0 spiro atoms. The number of esters is 1. The summed E-state index contributed by atoms with van der Waals surface area (Å²) in [6, 6.07) is 16.4. The predicted molar refractivity (Wildman–Crippen MR) is 138 cm³/mol. The zero-order valence-corrected chi connectivity index (χ0v) is 20.7. The van der Waals surface area contributed by atoms with Crippen LogP contribution in [0.25, 0.3) is 11.8 Å². The minimum absolute atomic E-state index is 0.171. The fourth-order valence-electron chi connectivity index (χ4n) is 3.74. The zero-order valence-electron chi connectivity index (χ0n) is 18.3. The highest BCUT2D eigenvalue weighted by molar-refractivity contribution is 8.27. The fourth-order valence-corrected chi connectivity index (χ4v) is 5.21. The lowest BCUT2D eigenvalue weighted by atomic mass is 10.2. The van der Waals surface area contributed by atoms with Crippen molar-refractivity contribution in [2.24, 2.45) is 0 Å². The minimum Gasteiger partial charge on any atom is -0.462 e. The molecule has 0 atom stereocenters. The van der Waals surface area contributed by atoms with Crippen LogP contribution < -0.4 is 4.90 Å². The van der Waals surface area contributed by atoms with Crippen LogP contribution in [0.3, 0.4) is 0 Å². The molecule has 1 saturated heterocycles. The Balaban J connectivity index is 1.64. The Labute approximate surface area is 207 Å². The number of hydrogen-bond donors (Lipinski definition) is 0. The number of nitrogens with zero attached hydrogens (tertiary/aromatic N) is 2. The number of benzene rings is 2. The molecule has 1 aromatic heterocycles. The summed E-state index contributed by atoms with van der Waals surface area (Å²) in [5.41, 5.74) is 4.99. The minimum atomic E-state index is -0.340. The van der Waals surface area contributed by atoms with Gasteiger partial charge < -0.3 is 9.30 Å². The number of rotatable bonds is 5. The molecule has 0 bridgehead atoms. The monoisotopic (exact) mass is 496 g/mol. The predicted octanol–water partition coefficient (Wildman–Crippen LogP) is 6.33. The molecule has 33 heavy (non-hydrogen) atoms. The van der Waals surface area contributed by atoms with E-state index in [0.29, 0.717) is 32.1 Å². The Hall–Kier alpha value is -2.87. The number of thiocarbonyl (C=S) groups is 1. The Morgan fingerprint density at radius 2 is 1.85 bits per heavy atom. The van der Waals surface area contributed by atoms with Crippen LogP contribution >= 0.6 is 35.6 Å². The van der Waals surface area contributed by atoms with Crippen molar-refractivity contribution in [3.63, 3.8) is 0 Å². The summed E-state index contributed by atoms with van der Waals surface area (Å²) in [7, 11) is 0. The first-order valence-electron chi connectivity index (χ1n) is 10.3. The molecule has 0 radical (unpaired) electrons. The molecule has 1 aliphatic heterocycles. The molecule has 1 fully saturated rings. The first kappa shape index (κ1) is 23.3. The average molecular weight is 497 g/mol. The van der Waals surface area contributed by atoms with E-state index in [-0.39, 0.29) is 11.9 Å². The van der Waals surface area contributed by atoms with Crippen LogP contribution in [0.15, 0.2) is 59.5 Å². The van der Waals surface area contributed by atoms with Crippen molar-refractivity contribution in [3.05, 3.63) is 87.0 Å². The maximum Gasteiger partial charge on any atom is 0.338 e. The quantitative estimate of drug-likeness (QED) is 0.235. The highest BCUT2D eigenvalue weighted by Gasteiger charge is 2.33. The van der Waals surface area contributed by atoms with E-state index in [1.807, 2.05) is 44.2 Å². The molecular weight excluding hydrogens is 476 g/mol. The number of halogens is 1. The van der Waals surface area contributed by atoms with Crippen LogP contribution in [-0.4, -0.2) is 27.4 Å². The third kappa shape index (κ3) is 4.62. The molecule has 168 valence electrons. The standard InChI is InChI=1S/C25H21ClN2O3S2/c1-4-31-24(30)17-8-10-20(11-9-17)27-15(2)12-18(16(27)3)13-22-23(29)28(25(32)33-22)21-7-5-6-19(26)14-21/h5-14H,4H2,1-3H3/b22-13+. The van der Waals surface area contributed by atoms with E-state index in [0.717, 1.165) is 22.6 Å². The lowest BCUT2D eigenvalue weighted by molar-refractivity contribution is -0.113. The van der Waals surface area contributed by atoms with Gasteiger partial charge in [0.1, 0.15) is 0 Å². The third-order valence-corrected chi connectivity index (χ3v) is 6.79. The number of anilines is 1. The maximum absolute atomic E-state index is 13.1. The van der Waals surface area contributed by atoms with Crippen LogP contribution in [0.1, 0.15) is 34.2 Å². The van der Waals surface area contributed by atoms with Gasteiger partial charge in [-0.1, -0.05) is 41.6 Å². The second-order valence-electron chi connectivity index (χ2n) is 7.43. The summed E-state index contributed by atoms with van der Waals surface area (Å²) in [4.78, 5) is 27.1. The summed E-state index contributed by atoms with van der Waals surface area (Å²) < 4.78 is 7.61. The van der Waals surface area contributed by atoms with E-state index < -0.39 is 0 Å². The highest BCUT2D eigenvalue weighted by atomic mass is 35.5. The summed E-state index contributed by atoms with van der Waals surface area (Å²) in [6.45, 7) is 6.11. The van der Waals surface area contributed by atoms with E-state index in [9.17, 15) is 9.59 Å². The number of ether oxygens (including phenoxy) is 1. The van der Waals surface area contributed by atoms with Gasteiger partial charge in [0.05, 0.1) is 22.8 Å². The maximum atomic E-state index is 13.1. The number of aryl methyl sites for hydroxylation is 1. The topological polar surface area (TPSA) is 51.5 Å². The van der Waals surface area contributed by atoms with Crippen molar-refractivity contribution in [1.29, 1.82) is 0 Å². The first-order valence-corrected chi connectivity index (χ1v) is 11.9. The van der Waals surface area contributed by atoms with E-state index in [1.54, 1.807) is 37.3 Å². The van der Waals surface area contributed by atoms with Gasteiger partial charge in [-0.25, -0.2) is 4.79 Å².